The monoisotopic (exact) mass is 206 g/mol. The van der Waals surface area contributed by atoms with Crippen molar-refractivity contribution in [2.45, 2.75) is 12.1 Å². The van der Waals surface area contributed by atoms with Gasteiger partial charge in [0.15, 0.2) is 0 Å². The zero-order chi connectivity index (χ0) is 10.8. The second-order valence-corrected chi connectivity index (χ2v) is 2.87. The molecule has 1 unspecified atom stereocenters. The first-order valence-electron chi connectivity index (χ1n) is 3.91. The summed E-state index contributed by atoms with van der Waals surface area (Å²) in [7, 11) is 0. The van der Waals surface area contributed by atoms with Gasteiger partial charge in [-0.05, 0) is 17.7 Å². The predicted molar refractivity (Wildman–Crippen MR) is 44.0 cm³/mol. The van der Waals surface area contributed by atoms with Crippen LogP contribution in [0.5, 0.6) is 5.75 Å². The molecule has 1 rings (SSSR count). The number of benzene rings is 1. The Balaban J connectivity index is 2.96. The van der Waals surface area contributed by atoms with E-state index in [9.17, 15) is 13.2 Å². The van der Waals surface area contributed by atoms with Crippen molar-refractivity contribution in [3.05, 3.63) is 29.8 Å². The van der Waals surface area contributed by atoms with Crippen molar-refractivity contribution in [3.63, 3.8) is 0 Å². The molecule has 1 aromatic rings. The quantitative estimate of drug-likeness (QED) is 0.777. The number of phenols is 1. The van der Waals surface area contributed by atoms with Crippen molar-refractivity contribution < 1.29 is 23.4 Å². The minimum absolute atomic E-state index is 0.0576. The van der Waals surface area contributed by atoms with Gasteiger partial charge >= 0.3 is 6.18 Å². The fraction of sp³-hybridized carbons (Fsp3) is 0.333. The number of hydrogen-bond donors (Lipinski definition) is 2. The van der Waals surface area contributed by atoms with Gasteiger partial charge in [-0.15, -0.1) is 0 Å². The number of hydrogen-bond acceptors (Lipinski definition) is 2. The van der Waals surface area contributed by atoms with Gasteiger partial charge in [-0.1, -0.05) is 12.1 Å². The second-order valence-electron chi connectivity index (χ2n) is 2.87. The Morgan fingerprint density at radius 1 is 1.14 bits per heavy atom. The average Bonchev–Trinajstić information content (AvgIpc) is 2.07. The normalized spacial score (nSPS) is 14.0. The third kappa shape index (κ3) is 2.38. The maximum Gasteiger partial charge on any atom is 0.397 e. The van der Waals surface area contributed by atoms with Crippen LogP contribution in [-0.4, -0.2) is 23.0 Å². The topological polar surface area (TPSA) is 40.5 Å². The van der Waals surface area contributed by atoms with E-state index in [1.807, 2.05) is 0 Å². The maximum absolute atomic E-state index is 12.3. The number of phenolic OH excluding ortho intramolecular Hbond substituents is 1. The minimum Gasteiger partial charge on any atom is -0.508 e. The summed E-state index contributed by atoms with van der Waals surface area (Å²) in [6.07, 6.45) is -4.47. The molecule has 0 spiro atoms. The summed E-state index contributed by atoms with van der Waals surface area (Å²) in [6, 6.07) is 4.60. The van der Waals surface area contributed by atoms with Gasteiger partial charge < -0.3 is 10.2 Å². The highest BCUT2D eigenvalue weighted by atomic mass is 19.4. The number of halogens is 3. The van der Waals surface area contributed by atoms with Crippen molar-refractivity contribution in [1.82, 2.24) is 0 Å². The van der Waals surface area contributed by atoms with Crippen molar-refractivity contribution in [3.8, 4) is 5.75 Å². The van der Waals surface area contributed by atoms with Gasteiger partial charge in [-0.2, -0.15) is 13.2 Å². The first-order chi connectivity index (χ1) is 6.45. The number of alkyl halides is 3. The maximum atomic E-state index is 12.3. The summed E-state index contributed by atoms with van der Waals surface area (Å²) in [4.78, 5) is 0. The molecular weight excluding hydrogens is 197 g/mol. The fourth-order valence-corrected chi connectivity index (χ4v) is 1.10. The molecule has 14 heavy (non-hydrogen) atoms. The molecule has 2 nitrogen and oxygen atoms in total. The van der Waals surface area contributed by atoms with Gasteiger partial charge in [0, 0.05) is 0 Å². The molecule has 0 aliphatic rings. The highest BCUT2D eigenvalue weighted by molar-refractivity contribution is 5.29. The van der Waals surface area contributed by atoms with Crippen molar-refractivity contribution in [2.75, 3.05) is 6.61 Å². The molecule has 0 aliphatic heterocycles. The summed E-state index contributed by atoms with van der Waals surface area (Å²) >= 11 is 0. The van der Waals surface area contributed by atoms with Crippen LogP contribution in [0.4, 0.5) is 13.2 Å². The lowest BCUT2D eigenvalue weighted by atomic mass is 9.99. The summed E-state index contributed by atoms with van der Waals surface area (Å²) < 4.78 is 36.9. The Morgan fingerprint density at radius 2 is 1.64 bits per heavy atom. The molecule has 0 saturated carbocycles. The van der Waals surface area contributed by atoms with E-state index in [2.05, 4.69) is 0 Å². The predicted octanol–water partition coefficient (Wildman–Crippen LogP) is 2.03. The van der Waals surface area contributed by atoms with E-state index in [1.165, 1.54) is 0 Å². The molecule has 0 amide bonds. The van der Waals surface area contributed by atoms with Crippen molar-refractivity contribution in [1.29, 1.82) is 0 Å². The van der Waals surface area contributed by atoms with Gasteiger partial charge in [-0.3, -0.25) is 0 Å². The molecule has 0 fully saturated rings. The SMILES string of the molecule is OCC(c1ccc(O)cc1)C(F)(F)F. The first kappa shape index (κ1) is 10.8. The van der Waals surface area contributed by atoms with E-state index >= 15 is 0 Å². The van der Waals surface area contributed by atoms with Gasteiger partial charge in [0.05, 0.1) is 6.61 Å². The van der Waals surface area contributed by atoms with E-state index in [-0.39, 0.29) is 11.3 Å². The summed E-state index contributed by atoms with van der Waals surface area (Å²) in [6.45, 7) is -0.992. The van der Waals surface area contributed by atoms with E-state index in [1.54, 1.807) is 0 Å². The lowest BCUT2D eigenvalue weighted by Crippen LogP contribution is -2.23. The molecule has 1 aromatic carbocycles. The molecule has 1 atom stereocenters. The van der Waals surface area contributed by atoms with E-state index in [4.69, 9.17) is 10.2 Å². The molecule has 0 heterocycles. The van der Waals surface area contributed by atoms with Gasteiger partial charge in [0.25, 0.3) is 0 Å². The van der Waals surface area contributed by atoms with Crippen LogP contribution in [0.3, 0.4) is 0 Å². The molecule has 78 valence electrons. The standard InChI is InChI=1S/C9H9F3O2/c10-9(11,12)8(5-13)6-1-3-7(14)4-2-6/h1-4,8,13-14H,5H2. The average molecular weight is 206 g/mol. The Morgan fingerprint density at radius 3 is 2.00 bits per heavy atom. The van der Waals surface area contributed by atoms with Crippen LogP contribution >= 0.6 is 0 Å². The van der Waals surface area contributed by atoms with Crippen LogP contribution in [0.1, 0.15) is 11.5 Å². The smallest absolute Gasteiger partial charge is 0.397 e. The van der Waals surface area contributed by atoms with Crippen molar-refractivity contribution in [2.24, 2.45) is 0 Å². The highest BCUT2D eigenvalue weighted by Crippen LogP contribution is 2.34. The summed E-state index contributed by atoms with van der Waals surface area (Å²) in [5, 5.41) is 17.5. The number of aliphatic hydroxyl groups is 1. The Labute approximate surface area is 78.6 Å². The zero-order valence-corrected chi connectivity index (χ0v) is 7.12. The molecule has 5 heteroatoms. The summed E-state index contributed by atoms with van der Waals surface area (Å²) in [5.41, 5.74) is -0.0576. The van der Waals surface area contributed by atoms with Gasteiger partial charge in [-0.25, -0.2) is 0 Å². The van der Waals surface area contributed by atoms with Crippen LogP contribution in [0.15, 0.2) is 24.3 Å². The first-order valence-corrected chi connectivity index (χ1v) is 3.91. The second kappa shape index (κ2) is 3.88. The third-order valence-electron chi connectivity index (χ3n) is 1.87. The largest absolute Gasteiger partial charge is 0.508 e. The lowest BCUT2D eigenvalue weighted by Gasteiger charge is -2.17. The Hall–Kier alpha value is -1.23. The number of aliphatic hydroxyl groups excluding tert-OH is 1. The Kier molecular flexibility index (Phi) is 3.00. The van der Waals surface area contributed by atoms with Gasteiger partial charge in [0.1, 0.15) is 11.7 Å². The number of aromatic hydroxyl groups is 1. The summed E-state index contributed by atoms with van der Waals surface area (Å²) in [5.74, 6) is -1.99. The highest BCUT2D eigenvalue weighted by Gasteiger charge is 2.40. The van der Waals surface area contributed by atoms with Crippen LogP contribution < -0.4 is 0 Å². The van der Waals surface area contributed by atoms with E-state index < -0.39 is 18.7 Å². The number of rotatable bonds is 2. The lowest BCUT2D eigenvalue weighted by molar-refractivity contribution is -0.158. The molecule has 0 aromatic heterocycles. The van der Waals surface area contributed by atoms with E-state index in [0.717, 1.165) is 24.3 Å². The van der Waals surface area contributed by atoms with E-state index in [0.29, 0.717) is 0 Å². The van der Waals surface area contributed by atoms with Crippen molar-refractivity contribution >= 4 is 0 Å². The molecule has 0 radical (unpaired) electrons. The van der Waals surface area contributed by atoms with Crippen LogP contribution in [-0.2, 0) is 0 Å². The fourth-order valence-electron chi connectivity index (χ4n) is 1.10. The zero-order valence-electron chi connectivity index (χ0n) is 7.12. The molecule has 0 bridgehead atoms. The molecule has 0 aliphatic carbocycles. The van der Waals surface area contributed by atoms with Crippen LogP contribution in [0, 0.1) is 0 Å². The van der Waals surface area contributed by atoms with Gasteiger partial charge in [0.2, 0.25) is 0 Å². The minimum atomic E-state index is -4.47. The Bertz CT molecular complexity index is 292. The molecule has 0 saturated heterocycles. The van der Waals surface area contributed by atoms with Crippen LogP contribution in [0.2, 0.25) is 0 Å². The molecular formula is C9H9F3O2. The van der Waals surface area contributed by atoms with Crippen LogP contribution in [0.25, 0.3) is 0 Å². The molecule has 2 N–H and O–H groups in total. The third-order valence-corrected chi connectivity index (χ3v) is 1.87.